The first kappa shape index (κ1) is 19.8. The summed E-state index contributed by atoms with van der Waals surface area (Å²) in [6.45, 7) is 16.3. The van der Waals surface area contributed by atoms with E-state index in [2.05, 4.69) is 76.0 Å². The molecule has 0 aliphatic carbocycles. The summed E-state index contributed by atoms with van der Waals surface area (Å²) in [5, 5.41) is 5.66. The number of fused-ring (bicyclic) bond motifs is 2. The van der Waals surface area contributed by atoms with Crippen molar-refractivity contribution in [2.45, 2.75) is 45.4 Å². The third-order valence-electron chi connectivity index (χ3n) is 6.66. The maximum absolute atomic E-state index is 7.10. The van der Waals surface area contributed by atoms with Crippen molar-refractivity contribution in [3.05, 3.63) is 64.9 Å². The quantitative estimate of drug-likeness (QED) is 0.459. The molecule has 6 heteroatoms. The number of hydrogen-bond donors (Lipinski definition) is 1. The molecule has 0 spiro atoms. The van der Waals surface area contributed by atoms with Crippen LogP contribution in [0.3, 0.4) is 0 Å². The number of pyridine rings is 1. The minimum absolute atomic E-state index is 0.394. The molecule has 4 heterocycles. The first-order valence-electron chi connectivity index (χ1n) is 11.1. The Bertz CT molecular complexity index is 1280. The first-order valence-corrected chi connectivity index (χ1v) is 11.1. The number of nitrogens with one attached hydrogen (secondary N) is 1. The number of H-pyrrole nitrogens is 1. The highest BCUT2D eigenvalue weighted by molar-refractivity contribution is 5.92. The first-order chi connectivity index (χ1) is 15.0. The molecule has 1 saturated heterocycles. The minimum atomic E-state index is 0.394. The van der Waals surface area contributed by atoms with Gasteiger partial charge in [0.25, 0.3) is 6.67 Å². The van der Waals surface area contributed by atoms with Gasteiger partial charge in [0, 0.05) is 35.8 Å². The summed E-state index contributed by atoms with van der Waals surface area (Å²) in [5.41, 5.74) is 8.40. The molecule has 0 radical (unpaired) electrons. The van der Waals surface area contributed by atoms with Gasteiger partial charge in [-0.3, -0.25) is 4.85 Å². The summed E-state index contributed by atoms with van der Waals surface area (Å²) in [6, 6.07) is 9.04. The lowest BCUT2D eigenvalue weighted by atomic mass is 9.87. The predicted molar refractivity (Wildman–Crippen MR) is 124 cm³/mol. The number of aromatic nitrogens is 4. The Hall–Kier alpha value is -3.17. The van der Waals surface area contributed by atoms with Crippen molar-refractivity contribution in [2.75, 3.05) is 19.8 Å². The zero-order valence-corrected chi connectivity index (χ0v) is 18.4. The summed E-state index contributed by atoms with van der Waals surface area (Å²) in [4.78, 5) is 13.8. The number of nitrogens with zero attached hydrogens (tertiary/aromatic N) is 5. The van der Waals surface area contributed by atoms with E-state index in [-0.39, 0.29) is 0 Å². The van der Waals surface area contributed by atoms with Gasteiger partial charge in [-0.05, 0) is 66.5 Å². The Morgan fingerprint density at radius 3 is 2.77 bits per heavy atom. The van der Waals surface area contributed by atoms with Gasteiger partial charge in [0.05, 0.1) is 5.69 Å². The Morgan fingerprint density at radius 1 is 1.23 bits per heavy atom. The molecule has 1 fully saturated rings. The summed E-state index contributed by atoms with van der Waals surface area (Å²) in [5.74, 6) is 0.961. The molecule has 4 aromatic rings. The van der Waals surface area contributed by atoms with Crippen LogP contribution in [-0.4, -0.2) is 44.2 Å². The Balaban J connectivity index is 1.57. The van der Waals surface area contributed by atoms with Crippen LogP contribution >= 0.6 is 0 Å². The molecule has 1 N–H and O–H groups in total. The summed E-state index contributed by atoms with van der Waals surface area (Å²) in [6.07, 6.45) is 5.93. The fraction of sp³-hybridized carbons (Fsp3) is 0.400. The molecule has 31 heavy (non-hydrogen) atoms. The zero-order chi connectivity index (χ0) is 21.5. The molecule has 1 aliphatic rings. The van der Waals surface area contributed by atoms with E-state index in [1.807, 2.05) is 4.52 Å². The lowest BCUT2D eigenvalue weighted by Gasteiger charge is -2.28. The van der Waals surface area contributed by atoms with Crippen molar-refractivity contribution in [3.8, 4) is 11.3 Å². The maximum atomic E-state index is 7.10. The van der Waals surface area contributed by atoms with Crippen molar-refractivity contribution < 1.29 is 0 Å². The minimum Gasteiger partial charge on any atom is -0.354 e. The molecular weight excluding hydrogens is 384 g/mol. The molecule has 1 aromatic carbocycles. The van der Waals surface area contributed by atoms with Crippen LogP contribution in [0.15, 0.2) is 36.8 Å². The number of benzene rings is 1. The average molecular weight is 413 g/mol. The van der Waals surface area contributed by atoms with Gasteiger partial charge in [-0.25, -0.2) is 21.0 Å². The largest absolute Gasteiger partial charge is 0.354 e. The van der Waals surface area contributed by atoms with Gasteiger partial charge in [0.2, 0.25) is 0 Å². The van der Waals surface area contributed by atoms with E-state index in [4.69, 9.17) is 6.57 Å². The Kier molecular flexibility index (Phi) is 4.99. The van der Waals surface area contributed by atoms with Crippen LogP contribution in [-0.2, 0) is 0 Å². The van der Waals surface area contributed by atoms with Gasteiger partial charge in [-0.2, -0.15) is 5.10 Å². The van der Waals surface area contributed by atoms with E-state index in [0.717, 1.165) is 31.6 Å². The number of rotatable bonds is 4. The van der Waals surface area contributed by atoms with Crippen molar-refractivity contribution in [1.29, 1.82) is 0 Å². The number of likely N-dealkylation sites (tertiary alicyclic amines) is 1. The molecule has 0 amide bonds. The fourth-order valence-corrected chi connectivity index (χ4v) is 5.02. The Labute approximate surface area is 182 Å². The van der Waals surface area contributed by atoms with Crippen molar-refractivity contribution in [2.24, 2.45) is 0 Å². The molecule has 1 aliphatic heterocycles. The second-order valence-corrected chi connectivity index (χ2v) is 9.00. The van der Waals surface area contributed by atoms with Gasteiger partial charge in [-0.15, -0.1) is 0 Å². The maximum Gasteiger partial charge on any atom is 0.270 e. The third-order valence-corrected chi connectivity index (χ3v) is 6.66. The SMILES string of the molecule is [C-]#[N+]CN1CCC(c2ccc3[nH]c(-c4cn5ncnc5cc4C)c(C(C)C)c3c2)CC1. The Morgan fingerprint density at radius 2 is 2.03 bits per heavy atom. The van der Waals surface area contributed by atoms with E-state index in [1.165, 1.54) is 38.9 Å². The van der Waals surface area contributed by atoms with Gasteiger partial charge in [-0.1, -0.05) is 19.9 Å². The monoisotopic (exact) mass is 412 g/mol. The average Bonchev–Trinajstić information content (AvgIpc) is 3.37. The second-order valence-electron chi connectivity index (χ2n) is 9.00. The van der Waals surface area contributed by atoms with Crippen LogP contribution in [0.1, 0.15) is 55.2 Å². The number of hydrogen-bond acceptors (Lipinski definition) is 3. The molecule has 6 nitrogen and oxygen atoms in total. The summed E-state index contributed by atoms with van der Waals surface area (Å²) in [7, 11) is 0. The smallest absolute Gasteiger partial charge is 0.270 e. The molecule has 5 rings (SSSR count). The summed E-state index contributed by atoms with van der Waals surface area (Å²) < 4.78 is 1.85. The molecular formula is C25H28N6. The molecule has 0 bridgehead atoms. The second kappa shape index (κ2) is 7.82. The number of aryl methyl sites for hydroxylation is 1. The highest BCUT2D eigenvalue weighted by Crippen LogP contribution is 2.39. The zero-order valence-electron chi connectivity index (χ0n) is 18.4. The van der Waals surface area contributed by atoms with Crippen molar-refractivity contribution in [3.63, 3.8) is 0 Å². The van der Waals surface area contributed by atoms with Crippen molar-refractivity contribution in [1.82, 2.24) is 24.5 Å². The van der Waals surface area contributed by atoms with Gasteiger partial charge >= 0.3 is 0 Å². The van der Waals surface area contributed by atoms with Crippen LogP contribution in [0, 0.1) is 13.5 Å². The lowest BCUT2D eigenvalue weighted by Crippen LogP contribution is -2.32. The lowest BCUT2D eigenvalue weighted by molar-refractivity contribution is 0.232. The highest BCUT2D eigenvalue weighted by Gasteiger charge is 2.24. The van der Waals surface area contributed by atoms with Gasteiger partial charge in [0.15, 0.2) is 5.65 Å². The highest BCUT2D eigenvalue weighted by atomic mass is 15.3. The van der Waals surface area contributed by atoms with Gasteiger partial charge < -0.3 is 4.98 Å². The van der Waals surface area contributed by atoms with E-state index in [1.54, 1.807) is 6.33 Å². The molecule has 3 aromatic heterocycles. The van der Waals surface area contributed by atoms with E-state index in [0.29, 0.717) is 18.5 Å². The fourth-order valence-electron chi connectivity index (χ4n) is 5.02. The van der Waals surface area contributed by atoms with Crippen LogP contribution in [0.25, 0.3) is 32.7 Å². The van der Waals surface area contributed by atoms with Crippen LogP contribution in [0.5, 0.6) is 0 Å². The number of aromatic amines is 1. The molecule has 0 unspecified atom stereocenters. The normalized spacial score (nSPS) is 15.8. The summed E-state index contributed by atoms with van der Waals surface area (Å²) >= 11 is 0. The standard InChI is InChI=1S/C25H28N6/c1-16(2)24-20-12-19(18-7-9-30(10-8-18)15-26-4)5-6-22(20)29-25(24)21-13-31-23(11-17(21)3)27-14-28-31/h5-6,11-14,16,18,29H,7-10,15H2,1-3H3. The van der Waals surface area contributed by atoms with Crippen LogP contribution < -0.4 is 0 Å². The predicted octanol–water partition coefficient (Wildman–Crippen LogP) is 5.37. The van der Waals surface area contributed by atoms with E-state index >= 15 is 0 Å². The number of piperidine rings is 1. The topological polar surface area (TPSA) is 53.6 Å². The molecule has 0 saturated carbocycles. The third kappa shape index (κ3) is 3.49. The van der Waals surface area contributed by atoms with Crippen LogP contribution in [0.4, 0.5) is 0 Å². The van der Waals surface area contributed by atoms with Gasteiger partial charge in [0.1, 0.15) is 6.33 Å². The molecule has 158 valence electrons. The van der Waals surface area contributed by atoms with E-state index < -0.39 is 0 Å². The van der Waals surface area contributed by atoms with Crippen LogP contribution in [0.2, 0.25) is 0 Å². The van der Waals surface area contributed by atoms with E-state index in [9.17, 15) is 0 Å². The van der Waals surface area contributed by atoms with Crippen molar-refractivity contribution >= 4 is 16.6 Å². The molecule has 0 atom stereocenters.